The average Bonchev–Trinajstić information content (AvgIpc) is 2.83. The SMILES string of the molecule is CCCC(C#N)N1C(=O)C2CCCC2C1=O. The van der Waals surface area contributed by atoms with Gasteiger partial charge in [0.2, 0.25) is 11.8 Å². The van der Waals surface area contributed by atoms with E-state index >= 15 is 0 Å². The molecular weight excluding hydrogens is 204 g/mol. The maximum absolute atomic E-state index is 12.0. The van der Waals surface area contributed by atoms with Gasteiger partial charge in [-0.3, -0.25) is 14.5 Å². The number of nitriles is 1. The van der Waals surface area contributed by atoms with Gasteiger partial charge in [0.15, 0.2) is 0 Å². The minimum Gasteiger partial charge on any atom is -0.274 e. The molecule has 1 aliphatic carbocycles. The summed E-state index contributed by atoms with van der Waals surface area (Å²) in [5.41, 5.74) is 0. The Labute approximate surface area is 95.2 Å². The number of likely N-dealkylation sites (tertiary alicyclic amines) is 1. The summed E-state index contributed by atoms with van der Waals surface area (Å²) in [5, 5.41) is 9.02. The fraction of sp³-hybridized carbons (Fsp3) is 0.750. The van der Waals surface area contributed by atoms with Crippen molar-refractivity contribution in [1.82, 2.24) is 4.90 Å². The summed E-state index contributed by atoms with van der Waals surface area (Å²) in [6.45, 7) is 1.95. The van der Waals surface area contributed by atoms with Crippen LogP contribution in [0.3, 0.4) is 0 Å². The van der Waals surface area contributed by atoms with Gasteiger partial charge in [-0.25, -0.2) is 0 Å². The van der Waals surface area contributed by atoms with Gasteiger partial charge in [0, 0.05) is 0 Å². The molecule has 0 N–H and O–H groups in total. The van der Waals surface area contributed by atoms with Crippen LogP contribution in [0.5, 0.6) is 0 Å². The van der Waals surface area contributed by atoms with E-state index in [1.165, 1.54) is 4.90 Å². The van der Waals surface area contributed by atoms with Gasteiger partial charge in [0.05, 0.1) is 17.9 Å². The fourth-order valence-electron chi connectivity index (χ4n) is 2.85. The molecule has 0 aromatic heterocycles. The number of hydrogen-bond donors (Lipinski definition) is 0. The normalized spacial score (nSPS) is 30.4. The van der Waals surface area contributed by atoms with Crippen LogP contribution in [0.4, 0.5) is 0 Å². The molecule has 1 saturated heterocycles. The van der Waals surface area contributed by atoms with Crippen LogP contribution in [0.1, 0.15) is 39.0 Å². The standard InChI is InChI=1S/C12H16N2O2/c1-2-4-8(7-13)14-11(15)9-5-3-6-10(9)12(14)16/h8-10H,2-6H2,1H3. The fourth-order valence-corrected chi connectivity index (χ4v) is 2.85. The smallest absolute Gasteiger partial charge is 0.234 e. The molecule has 0 bridgehead atoms. The predicted molar refractivity (Wildman–Crippen MR) is 57.0 cm³/mol. The topological polar surface area (TPSA) is 61.2 Å². The largest absolute Gasteiger partial charge is 0.274 e. The van der Waals surface area contributed by atoms with Crippen molar-refractivity contribution < 1.29 is 9.59 Å². The minimum absolute atomic E-state index is 0.104. The quantitative estimate of drug-likeness (QED) is 0.676. The van der Waals surface area contributed by atoms with Crippen molar-refractivity contribution in [3.05, 3.63) is 0 Å². The molecule has 1 saturated carbocycles. The van der Waals surface area contributed by atoms with E-state index in [1.807, 2.05) is 6.92 Å². The monoisotopic (exact) mass is 220 g/mol. The summed E-state index contributed by atoms with van der Waals surface area (Å²) >= 11 is 0. The molecule has 3 unspecified atom stereocenters. The maximum Gasteiger partial charge on any atom is 0.234 e. The zero-order valence-corrected chi connectivity index (χ0v) is 9.48. The first-order chi connectivity index (χ1) is 7.70. The second-order valence-corrected chi connectivity index (χ2v) is 4.62. The molecule has 2 rings (SSSR count). The van der Waals surface area contributed by atoms with Gasteiger partial charge in [0.25, 0.3) is 0 Å². The molecule has 16 heavy (non-hydrogen) atoms. The minimum atomic E-state index is -0.546. The van der Waals surface area contributed by atoms with Crippen LogP contribution in [0, 0.1) is 23.2 Å². The second-order valence-electron chi connectivity index (χ2n) is 4.62. The van der Waals surface area contributed by atoms with Gasteiger partial charge in [-0.2, -0.15) is 5.26 Å². The van der Waals surface area contributed by atoms with Crippen LogP contribution in [-0.2, 0) is 9.59 Å². The van der Waals surface area contributed by atoms with E-state index in [-0.39, 0.29) is 23.7 Å². The van der Waals surface area contributed by atoms with Gasteiger partial charge in [-0.1, -0.05) is 19.8 Å². The lowest BCUT2D eigenvalue weighted by Crippen LogP contribution is -2.40. The van der Waals surface area contributed by atoms with E-state index in [1.54, 1.807) is 0 Å². The summed E-state index contributed by atoms with van der Waals surface area (Å²) in [6, 6.07) is 1.53. The van der Waals surface area contributed by atoms with E-state index in [0.717, 1.165) is 25.7 Å². The Hall–Kier alpha value is -1.37. The molecule has 4 nitrogen and oxygen atoms in total. The molecule has 1 heterocycles. The molecule has 3 atom stereocenters. The number of carbonyl (C=O) groups is 2. The van der Waals surface area contributed by atoms with Crippen LogP contribution < -0.4 is 0 Å². The highest BCUT2D eigenvalue weighted by atomic mass is 16.2. The molecule has 0 aromatic carbocycles. The van der Waals surface area contributed by atoms with Crippen LogP contribution in [0.25, 0.3) is 0 Å². The Morgan fingerprint density at radius 3 is 2.38 bits per heavy atom. The first kappa shape index (κ1) is 11.1. The number of hydrogen-bond acceptors (Lipinski definition) is 3. The summed E-state index contributed by atoms with van der Waals surface area (Å²) in [4.78, 5) is 25.3. The van der Waals surface area contributed by atoms with Crippen LogP contribution in [0.15, 0.2) is 0 Å². The van der Waals surface area contributed by atoms with Crippen molar-refractivity contribution in [2.45, 2.75) is 45.1 Å². The Bertz CT molecular complexity index is 337. The molecular formula is C12H16N2O2. The van der Waals surface area contributed by atoms with Crippen LogP contribution in [0.2, 0.25) is 0 Å². The van der Waals surface area contributed by atoms with E-state index < -0.39 is 6.04 Å². The number of nitrogens with zero attached hydrogens (tertiary/aromatic N) is 2. The van der Waals surface area contributed by atoms with Crippen molar-refractivity contribution in [3.8, 4) is 6.07 Å². The highest BCUT2D eigenvalue weighted by Crippen LogP contribution is 2.40. The van der Waals surface area contributed by atoms with Crippen molar-refractivity contribution in [1.29, 1.82) is 5.26 Å². The third-order valence-corrected chi connectivity index (χ3v) is 3.65. The molecule has 2 aliphatic rings. The molecule has 86 valence electrons. The molecule has 1 aliphatic heterocycles. The lowest BCUT2D eigenvalue weighted by molar-refractivity contribution is -0.142. The predicted octanol–water partition coefficient (Wildman–Crippen LogP) is 1.46. The summed E-state index contributed by atoms with van der Waals surface area (Å²) in [6.07, 6.45) is 4.00. The average molecular weight is 220 g/mol. The number of carbonyl (C=O) groups excluding carboxylic acids is 2. The van der Waals surface area contributed by atoms with Gasteiger partial charge < -0.3 is 0 Å². The summed E-state index contributed by atoms with van der Waals surface area (Å²) in [7, 11) is 0. The highest BCUT2D eigenvalue weighted by Gasteiger charge is 2.51. The van der Waals surface area contributed by atoms with Crippen LogP contribution >= 0.6 is 0 Å². The Morgan fingerprint density at radius 1 is 1.38 bits per heavy atom. The first-order valence-corrected chi connectivity index (χ1v) is 5.97. The zero-order valence-electron chi connectivity index (χ0n) is 9.48. The van der Waals surface area contributed by atoms with Gasteiger partial charge in [-0.05, 0) is 19.3 Å². The Morgan fingerprint density at radius 2 is 1.94 bits per heavy atom. The molecule has 2 fully saturated rings. The third-order valence-electron chi connectivity index (χ3n) is 3.65. The van der Waals surface area contributed by atoms with E-state index in [2.05, 4.69) is 6.07 Å². The lowest BCUT2D eigenvalue weighted by atomic mass is 10.00. The first-order valence-electron chi connectivity index (χ1n) is 5.97. The maximum atomic E-state index is 12.0. The lowest BCUT2D eigenvalue weighted by Gasteiger charge is -2.20. The summed E-state index contributed by atoms with van der Waals surface area (Å²) in [5.74, 6) is -0.458. The zero-order chi connectivity index (χ0) is 11.7. The molecule has 0 aromatic rings. The second kappa shape index (κ2) is 4.25. The van der Waals surface area contributed by atoms with Crippen molar-refractivity contribution in [2.24, 2.45) is 11.8 Å². The van der Waals surface area contributed by atoms with Gasteiger partial charge in [0.1, 0.15) is 6.04 Å². The van der Waals surface area contributed by atoms with Crippen molar-refractivity contribution in [2.75, 3.05) is 0 Å². The molecule has 4 heteroatoms. The molecule has 0 radical (unpaired) electrons. The van der Waals surface area contributed by atoms with Gasteiger partial charge in [-0.15, -0.1) is 0 Å². The third kappa shape index (κ3) is 1.51. The summed E-state index contributed by atoms with van der Waals surface area (Å²) < 4.78 is 0. The molecule has 0 spiro atoms. The number of rotatable bonds is 3. The van der Waals surface area contributed by atoms with E-state index in [9.17, 15) is 9.59 Å². The van der Waals surface area contributed by atoms with Crippen molar-refractivity contribution >= 4 is 11.8 Å². The number of amides is 2. The van der Waals surface area contributed by atoms with Crippen LogP contribution in [-0.4, -0.2) is 22.8 Å². The Kier molecular flexibility index (Phi) is 2.95. The highest BCUT2D eigenvalue weighted by molar-refractivity contribution is 6.06. The van der Waals surface area contributed by atoms with Gasteiger partial charge >= 0.3 is 0 Å². The molecule has 2 amide bonds. The Balaban J connectivity index is 2.20. The number of fused-ring (bicyclic) bond motifs is 1. The van der Waals surface area contributed by atoms with E-state index in [4.69, 9.17) is 5.26 Å². The van der Waals surface area contributed by atoms with Crippen molar-refractivity contribution in [3.63, 3.8) is 0 Å². The number of imide groups is 1. The van der Waals surface area contributed by atoms with E-state index in [0.29, 0.717) is 6.42 Å².